The highest BCUT2D eigenvalue weighted by Crippen LogP contribution is 2.37. The third-order valence-corrected chi connectivity index (χ3v) is 4.67. The first-order valence-electron chi connectivity index (χ1n) is 8.85. The van der Waals surface area contributed by atoms with Gasteiger partial charge in [-0.05, 0) is 40.3 Å². The highest BCUT2D eigenvalue weighted by molar-refractivity contribution is 6.15. The zero-order valence-corrected chi connectivity index (χ0v) is 16.0. The molecule has 1 aromatic heterocycles. The molecule has 1 N–H and O–H groups in total. The third-order valence-electron chi connectivity index (χ3n) is 4.67. The lowest BCUT2D eigenvalue weighted by Gasteiger charge is -2.28. The molecular weight excluding hydrogens is 393 g/mol. The van der Waals surface area contributed by atoms with Crippen molar-refractivity contribution in [2.24, 2.45) is 0 Å². The van der Waals surface area contributed by atoms with E-state index < -0.39 is 23.6 Å². The van der Waals surface area contributed by atoms with E-state index in [1.165, 1.54) is 43.2 Å². The van der Waals surface area contributed by atoms with Crippen LogP contribution in [-0.4, -0.2) is 46.2 Å². The maximum atomic E-state index is 13.6. The van der Waals surface area contributed by atoms with E-state index in [9.17, 15) is 14.0 Å². The lowest BCUT2D eigenvalue weighted by atomic mass is 9.89. The summed E-state index contributed by atoms with van der Waals surface area (Å²) in [5.74, 6) is -1.04. The number of carbonyl (C=O) groups is 2. The SMILES string of the molecule is COC(=O)C1=C(C(=O)c2cccc(OC)c2)[C@@H](c2ccc(F)cc2)n2nnnc2N1. The van der Waals surface area contributed by atoms with Crippen molar-refractivity contribution in [1.29, 1.82) is 0 Å². The first-order valence-corrected chi connectivity index (χ1v) is 8.85. The molecule has 3 aromatic rings. The van der Waals surface area contributed by atoms with E-state index in [2.05, 4.69) is 20.8 Å². The number of nitrogens with zero attached hydrogens (tertiary/aromatic N) is 4. The predicted molar refractivity (Wildman–Crippen MR) is 102 cm³/mol. The van der Waals surface area contributed by atoms with Gasteiger partial charge in [0.05, 0.1) is 19.8 Å². The van der Waals surface area contributed by atoms with Crippen LogP contribution in [0.1, 0.15) is 22.0 Å². The molecule has 1 aliphatic heterocycles. The van der Waals surface area contributed by atoms with Gasteiger partial charge in [-0.25, -0.2) is 9.18 Å². The Labute approximate surface area is 170 Å². The molecule has 0 fully saturated rings. The van der Waals surface area contributed by atoms with Gasteiger partial charge >= 0.3 is 5.97 Å². The maximum Gasteiger partial charge on any atom is 0.355 e. The number of aromatic nitrogens is 4. The molecule has 1 aliphatic rings. The Kier molecular flexibility index (Phi) is 4.97. The van der Waals surface area contributed by atoms with Crippen LogP contribution in [0.4, 0.5) is 10.3 Å². The van der Waals surface area contributed by atoms with Gasteiger partial charge in [0.15, 0.2) is 5.78 Å². The number of hydrogen-bond acceptors (Lipinski definition) is 8. The number of rotatable bonds is 5. The van der Waals surface area contributed by atoms with Crippen LogP contribution < -0.4 is 10.1 Å². The van der Waals surface area contributed by atoms with Crippen molar-refractivity contribution in [2.45, 2.75) is 6.04 Å². The van der Waals surface area contributed by atoms with Crippen LogP contribution in [0.15, 0.2) is 59.8 Å². The van der Waals surface area contributed by atoms with Gasteiger partial charge in [-0.3, -0.25) is 4.79 Å². The maximum absolute atomic E-state index is 13.6. The number of ketones is 1. The number of carbonyl (C=O) groups excluding carboxylic acids is 2. The molecular formula is C20H16FN5O4. The number of halogens is 1. The predicted octanol–water partition coefficient (Wildman–Crippen LogP) is 2.15. The second kappa shape index (κ2) is 7.74. The van der Waals surface area contributed by atoms with Crippen molar-refractivity contribution < 1.29 is 23.5 Å². The normalized spacial score (nSPS) is 15.2. The van der Waals surface area contributed by atoms with Crippen LogP contribution in [0.3, 0.4) is 0 Å². The van der Waals surface area contributed by atoms with Crippen molar-refractivity contribution >= 4 is 17.7 Å². The molecule has 0 radical (unpaired) electrons. The Bertz CT molecular complexity index is 1160. The number of hydrogen-bond donors (Lipinski definition) is 1. The second-order valence-corrected chi connectivity index (χ2v) is 6.37. The van der Waals surface area contributed by atoms with E-state index in [1.54, 1.807) is 24.3 Å². The fourth-order valence-corrected chi connectivity index (χ4v) is 3.26. The third kappa shape index (κ3) is 3.28. The Morgan fingerprint density at radius 3 is 2.60 bits per heavy atom. The first kappa shape index (κ1) is 19.2. The number of tetrazole rings is 1. The minimum atomic E-state index is -0.885. The van der Waals surface area contributed by atoms with Gasteiger partial charge < -0.3 is 14.8 Å². The topological polar surface area (TPSA) is 108 Å². The number of nitrogens with one attached hydrogen (secondary N) is 1. The number of ether oxygens (including phenoxy) is 2. The summed E-state index contributed by atoms with van der Waals surface area (Å²) in [6.07, 6.45) is 0. The van der Waals surface area contributed by atoms with Crippen molar-refractivity contribution in [3.63, 3.8) is 0 Å². The van der Waals surface area contributed by atoms with Crippen LogP contribution in [0, 0.1) is 5.82 Å². The lowest BCUT2D eigenvalue weighted by Crippen LogP contribution is -2.33. The molecule has 4 rings (SSSR count). The number of allylic oxidation sites excluding steroid dienone is 1. The Balaban J connectivity index is 1.94. The first-order chi connectivity index (χ1) is 14.5. The number of Topliss-reactive ketones (excluding diaryl/α,β-unsaturated/α-hetero) is 1. The smallest absolute Gasteiger partial charge is 0.355 e. The molecule has 30 heavy (non-hydrogen) atoms. The summed E-state index contributed by atoms with van der Waals surface area (Å²) in [6, 6.07) is 11.2. The molecule has 2 heterocycles. The molecule has 0 saturated carbocycles. The number of esters is 1. The summed E-state index contributed by atoms with van der Waals surface area (Å²) < 4.78 is 25.0. The highest BCUT2D eigenvalue weighted by Gasteiger charge is 2.38. The monoisotopic (exact) mass is 409 g/mol. The molecule has 0 amide bonds. The Morgan fingerprint density at radius 2 is 1.90 bits per heavy atom. The summed E-state index contributed by atoms with van der Waals surface area (Å²) in [5.41, 5.74) is 0.763. The summed E-state index contributed by atoms with van der Waals surface area (Å²) in [6.45, 7) is 0. The Morgan fingerprint density at radius 1 is 1.13 bits per heavy atom. The van der Waals surface area contributed by atoms with Crippen LogP contribution in [-0.2, 0) is 9.53 Å². The average molecular weight is 409 g/mol. The number of fused-ring (bicyclic) bond motifs is 1. The summed E-state index contributed by atoms with van der Waals surface area (Å²) in [5, 5.41) is 14.2. The van der Waals surface area contributed by atoms with E-state index >= 15 is 0 Å². The second-order valence-electron chi connectivity index (χ2n) is 6.37. The number of benzene rings is 2. The van der Waals surface area contributed by atoms with E-state index in [0.29, 0.717) is 11.3 Å². The van der Waals surface area contributed by atoms with Crippen molar-refractivity contribution in [3.05, 3.63) is 76.7 Å². The average Bonchev–Trinajstić information content (AvgIpc) is 3.26. The Hall–Kier alpha value is -4.08. The zero-order valence-electron chi connectivity index (χ0n) is 16.0. The summed E-state index contributed by atoms with van der Waals surface area (Å²) in [7, 11) is 2.69. The van der Waals surface area contributed by atoms with E-state index in [-0.39, 0.29) is 22.8 Å². The minimum absolute atomic E-state index is 0.0570. The molecule has 152 valence electrons. The minimum Gasteiger partial charge on any atom is -0.497 e. The lowest BCUT2D eigenvalue weighted by molar-refractivity contribution is -0.136. The van der Waals surface area contributed by atoms with Crippen molar-refractivity contribution in [2.75, 3.05) is 19.5 Å². The van der Waals surface area contributed by atoms with Crippen molar-refractivity contribution in [1.82, 2.24) is 20.2 Å². The largest absolute Gasteiger partial charge is 0.497 e. The van der Waals surface area contributed by atoms with Crippen LogP contribution in [0.5, 0.6) is 5.75 Å². The van der Waals surface area contributed by atoms with Crippen LogP contribution >= 0.6 is 0 Å². The van der Waals surface area contributed by atoms with Gasteiger partial charge in [0, 0.05) is 5.56 Å². The standard InChI is InChI=1S/C20H16FN5O4/c1-29-14-5-3-4-12(10-14)18(27)15-16(19(28)30-2)22-20-23-24-25-26(20)17(15)11-6-8-13(21)9-7-11/h3-10,17H,1-2H3,(H,22,23,25)/t17-/m1/s1. The van der Waals surface area contributed by atoms with Gasteiger partial charge in [-0.15, -0.1) is 0 Å². The van der Waals surface area contributed by atoms with E-state index in [0.717, 1.165) is 0 Å². The van der Waals surface area contributed by atoms with Gasteiger partial charge in [0.25, 0.3) is 0 Å². The fraction of sp³-hybridized carbons (Fsp3) is 0.150. The highest BCUT2D eigenvalue weighted by atomic mass is 19.1. The molecule has 9 nitrogen and oxygen atoms in total. The molecule has 0 bridgehead atoms. The molecule has 1 atom stereocenters. The van der Waals surface area contributed by atoms with Gasteiger partial charge in [-0.2, -0.15) is 4.68 Å². The van der Waals surface area contributed by atoms with E-state index in [1.807, 2.05) is 0 Å². The molecule has 0 saturated heterocycles. The number of anilines is 1. The molecule has 0 aliphatic carbocycles. The van der Waals surface area contributed by atoms with E-state index in [4.69, 9.17) is 9.47 Å². The van der Waals surface area contributed by atoms with Gasteiger partial charge in [-0.1, -0.05) is 29.4 Å². The summed E-state index contributed by atoms with van der Waals surface area (Å²) in [4.78, 5) is 26.1. The summed E-state index contributed by atoms with van der Waals surface area (Å²) >= 11 is 0. The molecule has 0 spiro atoms. The quantitative estimate of drug-likeness (QED) is 0.504. The van der Waals surface area contributed by atoms with Crippen molar-refractivity contribution in [3.8, 4) is 5.75 Å². The van der Waals surface area contributed by atoms with Gasteiger partial charge in [0.2, 0.25) is 5.95 Å². The fourth-order valence-electron chi connectivity index (χ4n) is 3.26. The molecule has 10 heteroatoms. The zero-order chi connectivity index (χ0) is 21.3. The van der Waals surface area contributed by atoms with Crippen LogP contribution in [0.25, 0.3) is 0 Å². The molecule has 0 unspecified atom stereocenters. The van der Waals surface area contributed by atoms with Gasteiger partial charge in [0.1, 0.15) is 23.3 Å². The van der Waals surface area contributed by atoms with Crippen LogP contribution in [0.2, 0.25) is 0 Å². The number of methoxy groups -OCH3 is 2. The molecule has 2 aromatic carbocycles.